The van der Waals surface area contributed by atoms with Crippen LogP contribution in [0.4, 0.5) is 17.1 Å². The van der Waals surface area contributed by atoms with Gasteiger partial charge in [-0.2, -0.15) is 5.10 Å². The van der Waals surface area contributed by atoms with E-state index in [0.29, 0.717) is 47.6 Å². The zero-order valence-corrected chi connectivity index (χ0v) is 19.6. The lowest BCUT2D eigenvalue weighted by Crippen LogP contribution is -2.14. The molecule has 0 fully saturated rings. The summed E-state index contributed by atoms with van der Waals surface area (Å²) in [5.41, 5.74) is 3.55. The number of nitrogens with zero attached hydrogens (tertiary/aromatic N) is 3. The third-order valence-corrected chi connectivity index (χ3v) is 6.16. The average molecular weight is 500 g/mol. The SMILES string of the molecule is Cc1c(C(=O)Oc2cccc3ccccc23)oc2c1/C(=N/Nc1ccc([N+](=O)[O-])cc1[N+](=O)[O-])CCC2. The molecule has 11 nitrogen and oxygen atoms in total. The number of ether oxygens (including phenoxy) is 1. The number of rotatable bonds is 6. The Labute approximate surface area is 209 Å². The van der Waals surface area contributed by atoms with Gasteiger partial charge >= 0.3 is 11.7 Å². The molecule has 0 saturated carbocycles. The number of nitro benzene ring substituents is 2. The molecule has 1 aliphatic carbocycles. The number of furan rings is 1. The van der Waals surface area contributed by atoms with Gasteiger partial charge in [0, 0.05) is 29.0 Å². The van der Waals surface area contributed by atoms with E-state index in [9.17, 15) is 25.0 Å². The Kier molecular flexibility index (Phi) is 6.10. The second kappa shape index (κ2) is 9.53. The molecule has 4 aromatic rings. The summed E-state index contributed by atoms with van der Waals surface area (Å²) < 4.78 is 11.6. The number of carbonyl (C=O) groups excluding carboxylic acids is 1. The van der Waals surface area contributed by atoms with E-state index in [-0.39, 0.29) is 11.4 Å². The third kappa shape index (κ3) is 4.49. The van der Waals surface area contributed by atoms with Crippen LogP contribution in [-0.2, 0) is 6.42 Å². The van der Waals surface area contributed by atoms with Crippen LogP contribution >= 0.6 is 0 Å². The van der Waals surface area contributed by atoms with Gasteiger partial charge in [-0.1, -0.05) is 36.4 Å². The van der Waals surface area contributed by atoms with Crippen molar-refractivity contribution in [2.75, 3.05) is 5.43 Å². The maximum Gasteiger partial charge on any atom is 0.379 e. The van der Waals surface area contributed by atoms with Gasteiger partial charge in [-0.15, -0.1) is 0 Å². The van der Waals surface area contributed by atoms with Crippen molar-refractivity contribution in [2.45, 2.75) is 26.2 Å². The first-order chi connectivity index (χ1) is 17.8. The summed E-state index contributed by atoms with van der Waals surface area (Å²) in [7, 11) is 0. The van der Waals surface area contributed by atoms with Crippen molar-refractivity contribution in [3.8, 4) is 5.75 Å². The van der Waals surface area contributed by atoms with Gasteiger partial charge in [0.1, 0.15) is 17.2 Å². The lowest BCUT2D eigenvalue weighted by atomic mass is 9.93. The summed E-state index contributed by atoms with van der Waals surface area (Å²) in [6.07, 6.45) is 1.83. The first kappa shape index (κ1) is 23.7. The van der Waals surface area contributed by atoms with Crippen molar-refractivity contribution < 1.29 is 23.8 Å². The number of carbonyl (C=O) groups is 1. The van der Waals surface area contributed by atoms with E-state index >= 15 is 0 Å². The van der Waals surface area contributed by atoms with Gasteiger partial charge in [0.05, 0.1) is 21.6 Å². The van der Waals surface area contributed by atoms with E-state index in [2.05, 4.69) is 10.5 Å². The van der Waals surface area contributed by atoms with E-state index < -0.39 is 27.2 Å². The molecular weight excluding hydrogens is 480 g/mol. The number of fused-ring (bicyclic) bond motifs is 2. The Morgan fingerprint density at radius 3 is 2.59 bits per heavy atom. The minimum Gasteiger partial charge on any atom is -0.453 e. The minimum atomic E-state index is -0.716. The highest BCUT2D eigenvalue weighted by atomic mass is 16.6. The third-order valence-electron chi connectivity index (χ3n) is 6.16. The Morgan fingerprint density at radius 1 is 1.03 bits per heavy atom. The number of hydrazone groups is 1. The molecule has 1 heterocycles. The highest BCUT2D eigenvalue weighted by molar-refractivity contribution is 6.06. The van der Waals surface area contributed by atoms with E-state index in [1.165, 1.54) is 6.07 Å². The summed E-state index contributed by atoms with van der Waals surface area (Å²) >= 11 is 0. The molecule has 1 aliphatic rings. The van der Waals surface area contributed by atoms with Crippen LogP contribution in [0.5, 0.6) is 5.75 Å². The quantitative estimate of drug-likeness (QED) is 0.148. The van der Waals surface area contributed by atoms with E-state index in [0.717, 1.165) is 22.9 Å². The normalized spacial score (nSPS) is 13.8. The van der Waals surface area contributed by atoms with Crippen LogP contribution < -0.4 is 10.2 Å². The molecule has 1 N–H and O–H groups in total. The van der Waals surface area contributed by atoms with E-state index in [1.807, 2.05) is 30.3 Å². The predicted molar refractivity (Wildman–Crippen MR) is 135 cm³/mol. The standard InChI is InChI=1S/C26H20N4O7/c1-15-24-20(28-27-19-13-12-17(29(32)33)14-21(19)30(34)35)9-5-11-23(24)36-25(15)26(31)37-22-10-4-7-16-6-2-3-8-18(16)22/h2-4,6-8,10,12-14,27H,5,9,11H2,1H3/b28-20+. The zero-order chi connectivity index (χ0) is 26.1. The topological polar surface area (TPSA) is 150 Å². The largest absolute Gasteiger partial charge is 0.453 e. The predicted octanol–water partition coefficient (Wildman–Crippen LogP) is 5.93. The maximum atomic E-state index is 13.1. The van der Waals surface area contributed by atoms with Gasteiger partial charge in [-0.05, 0) is 37.3 Å². The summed E-state index contributed by atoms with van der Waals surface area (Å²) in [6, 6.07) is 16.3. The molecule has 0 bridgehead atoms. The molecule has 0 amide bonds. The van der Waals surface area contributed by atoms with Crippen molar-refractivity contribution in [3.05, 3.63) is 104 Å². The molecule has 0 radical (unpaired) electrons. The molecule has 186 valence electrons. The number of aryl methyl sites for hydroxylation is 1. The van der Waals surface area contributed by atoms with Crippen molar-refractivity contribution in [3.63, 3.8) is 0 Å². The zero-order valence-electron chi connectivity index (χ0n) is 19.6. The molecule has 0 atom stereocenters. The number of hydrogen-bond donors (Lipinski definition) is 1. The van der Waals surface area contributed by atoms with Crippen LogP contribution in [0, 0.1) is 27.2 Å². The second-order valence-electron chi connectivity index (χ2n) is 8.46. The van der Waals surface area contributed by atoms with E-state index in [4.69, 9.17) is 9.15 Å². The van der Waals surface area contributed by atoms with Crippen molar-refractivity contribution in [1.29, 1.82) is 0 Å². The molecule has 37 heavy (non-hydrogen) atoms. The van der Waals surface area contributed by atoms with Crippen molar-refractivity contribution in [2.24, 2.45) is 5.10 Å². The Balaban J connectivity index is 1.44. The van der Waals surface area contributed by atoms with Crippen LogP contribution in [0.15, 0.2) is 70.2 Å². The van der Waals surface area contributed by atoms with Crippen LogP contribution in [0.2, 0.25) is 0 Å². The molecular formula is C26H20N4O7. The van der Waals surface area contributed by atoms with Crippen molar-refractivity contribution >= 4 is 39.5 Å². The summed E-state index contributed by atoms with van der Waals surface area (Å²) in [6.45, 7) is 1.73. The Hall–Kier alpha value is -5.06. The van der Waals surface area contributed by atoms with Crippen LogP contribution in [0.25, 0.3) is 10.8 Å². The number of benzene rings is 3. The fourth-order valence-electron chi connectivity index (χ4n) is 4.41. The molecule has 1 aromatic heterocycles. The van der Waals surface area contributed by atoms with Crippen LogP contribution in [-0.4, -0.2) is 21.5 Å². The summed E-state index contributed by atoms with van der Waals surface area (Å²) in [5, 5.41) is 28.5. The van der Waals surface area contributed by atoms with Gasteiger partial charge < -0.3 is 9.15 Å². The fourth-order valence-corrected chi connectivity index (χ4v) is 4.41. The average Bonchev–Trinajstić information content (AvgIpc) is 3.24. The number of non-ortho nitro benzene ring substituents is 1. The highest BCUT2D eigenvalue weighted by Crippen LogP contribution is 2.33. The highest BCUT2D eigenvalue weighted by Gasteiger charge is 2.29. The summed E-state index contributed by atoms with van der Waals surface area (Å²) in [4.78, 5) is 34.1. The first-order valence-electron chi connectivity index (χ1n) is 11.4. The van der Waals surface area contributed by atoms with Gasteiger partial charge in [0.2, 0.25) is 5.76 Å². The molecule has 5 rings (SSSR count). The lowest BCUT2D eigenvalue weighted by Gasteiger charge is -2.13. The second-order valence-corrected chi connectivity index (χ2v) is 8.46. The minimum absolute atomic E-state index is 0.00644. The number of esters is 1. The van der Waals surface area contributed by atoms with E-state index in [1.54, 1.807) is 19.1 Å². The molecule has 3 aromatic carbocycles. The number of nitro groups is 2. The molecule has 0 spiro atoms. The molecule has 0 saturated heterocycles. The Morgan fingerprint density at radius 2 is 1.81 bits per heavy atom. The smallest absolute Gasteiger partial charge is 0.379 e. The molecule has 0 unspecified atom stereocenters. The number of nitrogens with one attached hydrogen (secondary N) is 1. The van der Waals surface area contributed by atoms with Gasteiger partial charge in [0.25, 0.3) is 5.69 Å². The number of hydrogen-bond acceptors (Lipinski definition) is 9. The van der Waals surface area contributed by atoms with Gasteiger partial charge in [0.15, 0.2) is 0 Å². The fraction of sp³-hybridized carbons (Fsp3) is 0.154. The van der Waals surface area contributed by atoms with Crippen LogP contribution in [0.1, 0.15) is 40.3 Å². The Bertz CT molecular complexity index is 1600. The molecule has 0 aliphatic heterocycles. The van der Waals surface area contributed by atoms with Gasteiger partial charge in [-0.3, -0.25) is 25.7 Å². The maximum absolute atomic E-state index is 13.1. The lowest BCUT2D eigenvalue weighted by molar-refractivity contribution is -0.393. The van der Waals surface area contributed by atoms with Crippen molar-refractivity contribution in [1.82, 2.24) is 0 Å². The monoisotopic (exact) mass is 500 g/mol. The van der Waals surface area contributed by atoms with Gasteiger partial charge in [-0.25, -0.2) is 4.79 Å². The number of anilines is 1. The summed E-state index contributed by atoms with van der Waals surface area (Å²) in [5.74, 6) is 0.417. The van der Waals surface area contributed by atoms with Crippen LogP contribution in [0.3, 0.4) is 0 Å². The molecule has 11 heteroatoms. The first-order valence-corrected chi connectivity index (χ1v) is 11.4.